The molecule has 0 aromatic heterocycles. The number of benzene rings is 3. The number of hydrogen-bond donors (Lipinski definition) is 2. The van der Waals surface area contributed by atoms with Crippen LogP contribution in [0.1, 0.15) is 60.0 Å². The average molecular weight is 703 g/mol. The summed E-state index contributed by atoms with van der Waals surface area (Å²) in [4.78, 5) is 29.2. The van der Waals surface area contributed by atoms with Crippen molar-refractivity contribution in [3.05, 3.63) is 101 Å². The summed E-state index contributed by atoms with van der Waals surface area (Å²) in [6.45, 7) is 2.01. The first-order valence-corrected chi connectivity index (χ1v) is 19.2. The van der Waals surface area contributed by atoms with Gasteiger partial charge in [0.2, 0.25) is 0 Å². The quantitative estimate of drug-likeness (QED) is 0.273. The van der Waals surface area contributed by atoms with Crippen LogP contribution in [0.5, 0.6) is 5.75 Å². The summed E-state index contributed by atoms with van der Waals surface area (Å²) in [6.07, 6.45) is 10.3. The van der Waals surface area contributed by atoms with E-state index in [2.05, 4.69) is 43.6 Å². The average Bonchev–Trinajstić information content (AvgIpc) is 3.22. The highest BCUT2D eigenvalue weighted by Gasteiger charge is 2.44. The maximum absolute atomic E-state index is 14.2. The number of para-hydroxylation sites is 1. The topological polar surface area (TPSA) is 109 Å². The predicted molar refractivity (Wildman–Crippen MR) is 194 cm³/mol. The zero-order chi connectivity index (χ0) is 34.0. The third-order valence-corrected chi connectivity index (χ3v) is 12.6. The predicted octanol–water partition coefficient (Wildman–Crippen LogP) is 7.55. The van der Waals surface area contributed by atoms with Gasteiger partial charge in [0, 0.05) is 41.9 Å². The molecule has 4 aliphatic rings. The van der Waals surface area contributed by atoms with Crippen molar-refractivity contribution in [3.8, 4) is 5.75 Å². The number of amides is 3. The van der Waals surface area contributed by atoms with Gasteiger partial charge in [0.05, 0.1) is 24.2 Å². The van der Waals surface area contributed by atoms with E-state index in [1.807, 2.05) is 24.3 Å². The van der Waals surface area contributed by atoms with E-state index in [-0.39, 0.29) is 17.3 Å². The molecule has 258 valence electrons. The normalized spacial score (nSPS) is 28.8. The molecular formula is C38H43ClN4O5S. The highest BCUT2D eigenvalue weighted by Crippen LogP contribution is 2.47. The van der Waals surface area contributed by atoms with Crippen LogP contribution >= 0.6 is 11.6 Å². The van der Waals surface area contributed by atoms with Crippen molar-refractivity contribution in [2.45, 2.75) is 56.5 Å². The van der Waals surface area contributed by atoms with Crippen molar-refractivity contribution in [1.82, 2.24) is 4.72 Å². The fraction of sp³-hybridized carbons (Fsp3) is 0.421. The summed E-state index contributed by atoms with van der Waals surface area (Å²) in [5, 5.41) is 3.44. The lowest BCUT2D eigenvalue weighted by atomic mass is 9.68. The molecule has 1 saturated carbocycles. The summed E-state index contributed by atoms with van der Waals surface area (Å²) < 4.78 is 33.6. The molecule has 2 heterocycles. The van der Waals surface area contributed by atoms with E-state index in [1.165, 1.54) is 11.1 Å². The maximum Gasteiger partial charge on any atom is 0.331 e. The molecule has 2 aliphatic heterocycles. The number of fused-ring (bicyclic) bond motifs is 4. The number of halogens is 1. The number of allylic oxidation sites excluding steroid dienone is 1. The number of methoxy groups -OCH3 is 1. The van der Waals surface area contributed by atoms with Crippen molar-refractivity contribution < 1.29 is 23.3 Å². The third kappa shape index (κ3) is 7.23. The molecule has 2 N–H and O–H groups in total. The number of nitrogens with zero attached hydrogens (tertiary/aromatic N) is 2. The summed E-state index contributed by atoms with van der Waals surface area (Å²) in [6, 6.07) is 19.7. The van der Waals surface area contributed by atoms with Crippen LogP contribution in [0.2, 0.25) is 5.02 Å². The Morgan fingerprint density at radius 1 is 1.10 bits per heavy atom. The maximum atomic E-state index is 14.2. The number of aryl methyl sites for hydroxylation is 1. The molecule has 1 unspecified atom stereocenters. The molecule has 9 nitrogen and oxygen atoms in total. The summed E-state index contributed by atoms with van der Waals surface area (Å²) in [7, 11) is -1.71. The van der Waals surface area contributed by atoms with Crippen LogP contribution in [0.3, 0.4) is 0 Å². The second-order valence-electron chi connectivity index (χ2n) is 13.7. The number of urea groups is 1. The molecule has 11 heteroatoms. The molecule has 3 aromatic carbocycles. The van der Waals surface area contributed by atoms with Gasteiger partial charge in [-0.1, -0.05) is 48.0 Å². The van der Waals surface area contributed by atoms with Gasteiger partial charge in [-0.15, -0.1) is 4.36 Å². The van der Waals surface area contributed by atoms with Crippen LogP contribution in [-0.2, 0) is 26.5 Å². The van der Waals surface area contributed by atoms with E-state index in [0.717, 1.165) is 55.9 Å². The Hall–Kier alpha value is -3.86. The van der Waals surface area contributed by atoms with Crippen LogP contribution in [-0.4, -0.2) is 54.8 Å². The van der Waals surface area contributed by atoms with Crippen LogP contribution < -0.4 is 19.7 Å². The van der Waals surface area contributed by atoms with E-state index >= 15 is 0 Å². The Kier molecular flexibility index (Phi) is 9.72. The summed E-state index contributed by atoms with van der Waals surface area (Å²) in [5.74, 6) is 0.821. The number of carbonyl (C=O) groups excluding carboxylic acids is 2. The molecule has 0 radical (unpaired) electrons. The number of hydrogen-bond acceptors (Lipinski definition) is 6. The van der Waals surface area contributed by atoms with E-state index in [1.54, 1.807) is 37.4 Å². The van der Waals surface area contributed by atoms with Gasteiger partial charge in [0.15, 0.2) is 0 Å². The monoisotopic (exact) mass is 702 g/mol. The molecule has 3 aromatic rings. The lowest BCUT2D eigenvalue weighted by Crippen LogP contribution is -2.49. The fourth-order valence-electron chi connectivity index (χ4n) is 7.94. The first kappa shape index (κ1) is 33.6. The number of carbonyl (C=O) groups is 2. The number of ether oxygens (including phenoxy) is 2. The largest absolute Gasteiger partial charge is 0.490 e. The smallest absolute Gasteiger partial charge is 0.331 e. The Morgan fingerprint density at radius 2 is 1.96 bits per heavy atom. The molecule has 2 aliphatic carbocycles. The van der Waals surface area contributed by atoms with E-state index in [0.29, 0.717) is 48.3 Å². The Morgan fingerprint density at radius 3 is 2.76 bits per heavy atom. The van der Waals surface area contributed by atoms with Gasteiger partial charge >= 0.3 is 6.03 Å². The Labute approximate surface area is 293 Å². The minimum absolute atomic E-state index is 0.0150. The van der Waals surface area contributed by atoms with Crippen LogP contribution in [0, 0.1) is 11.8 Å². The second kappa shape index (κ2) is 14.2. The number of rotatable bonds is 3. The molecule has 3 amide bonds. The van der Waals surface area contributed by atoms with Gasteiger partial charge in [0.25, 0.3) is 5.91 Å². The molecule has 5 atom stereocenters. The first-order chi connectivity index (χ1) is 23.7. The van der Waals surface area contributed by atoms with Crippen molar-refractivity contribution in [2.24, 2.45) is 16.2 Å². The highest BCUT2D eigenvalue weighted by molar-refractivity contribution is 7.92. The molecule has 49 heavy (non-hydrogen) atoms. The second-order valence-corrected chi connectivity index (χ2v) is 16.2. The van der Waals surface area contributed by atoms with Crippen LogP contribution in [0.15, 0.2) is 83.2 Å². The van der Waals surface area contributed by atoms with Crippen molar-refractivity contribution in [3.63, 3.8) is 0 Å². The number of anilines is 2. The number of nitrogens with one attached hydrogen (secondary N) is 2. The SMILES string of the molecule is CO[C@H]1/C=C/CCCS(=O)(NC(=O)Nc2ccccc2)=NC(=O)c2ccc3c(c2)N(C[C@@H]2CC[C@H]21)C[C@@]1(CCCc2cc(Cl)ccc21)CO3. The van der Waals surface area contributed by atoms with E-state index < -0.39 is 21.9 Å². The first-order valence-electron chi connectivity index (χ1n) is 17.2. The molecule has 2 bridgehead atoms. The molecule has 0 saturated heterocycles. The van der Waals surface area contributed by atoms with Crippen molar-refractivity contribution in [1.29, 1.82) is 0 Å². The third-order valence-electron chi connectivity index (χ3n) is 10.5. The molecule has 7 rings (SSSR count). The highest BCUT2D eigenvalue weighted by atomic mass is 35.5. The van der Waals surface area contributed by atoms with E-state index in [4.69, 9.17) is 21.1 Å². The van der Waals surface area contributed by atoms with Gasteiger partial charge in [-0.3, -0.25) is 4.79 Å². The lowest BCUT2D eigenvalue weighted by Gasteiger charge is -2.46. The van der Waals surface area contributed by atoms with Crippen LogP contribution in [0.25, 0.3) is 0 Å². The minimum atomic E-state index is -3.47. The zero-order valence-electron chi connectivity index (χ0n) is 27.7. The van der Waals surface area contributed by atoms with Gasteiger partial charge < -0.3 is 19.7 Å². The summed E-state index contributed by atoms with van der Waals surface area (Å²) in [5.41, 5.74) is 3.94. The standard InChI is InChI=1S/C38H43ClN4O5S/c1-47-34-12-6-3-7-20-49(46,42-37(45)40-30-10-4-2-5-11-30)41-36(44)27-14-18-35-33(22-27)43(23-28-13-16-31(28)34)24-38(25-48-35)19-8-9-26-21-29(39)15-17-32(26)38/h2,4-6,10-12,14-15,17-18,21-22,28,31,34H,3,7-9,13,16,19-20,23-25H2,1H3,(H2,40,41,42,44,45,46)/b12-6+/t28-,31+,34-,38-,49?/m0/s1. The van der Waals surface area contributed by atoms with Gasteiger partial charge in [-0.05, 0) is 110 Å². The van der Waals surface area contributed by atoms with Crippen molar-refractivity contribution >= 4 is 44.8 Å². The van der Waals surface area contributed by atoms with Crippen molar-refractivity contribution in [2.75, 3.05) is 42.8 Å². The van der Waals surface area contributed by atoms with Gasteiger partial charge in [-0.2, -0.15) is 0 Å². The van der Waals surface area contributed by atoms with Gasteiger partial charge in [0.1, 0.15) is 15.7 Å². The Bertz CT molecular complexity index is 1880. The zero-order valence-corrected chi connectivity index (χ0v) is 29.3. The molecule has 1 fully saturated rings. The van der Waals surface area contributed by atoms with Gasteiger partial charge in [-0.25, -0.2) is 13.7 Å². The molecule has 1 spiro atoms. The Balaban J connectivity index is 1.27. The lowest BCUT2D eigenvalue weighted by molar-refractivity contribution is 0.0132. The minimum Gasteiger partial charge on any atom is -0.490 e. The van der Waals surface area contributed by atoms with E-state index in [9.17, 15) is 13.8 Å². The van der Waals surface area contributed by atoms with Crippen LogP contribution in [0.4, 0.5) is 16.2 Å². The molecular weight excluding hydrogens is 660 g/mol. The fourth-order valence-corrected chi connectivity index (χ4v) is 9.64. The summed E-state index contributed by atoms with van der Waals surface area (Å²) >= 11 is 6.44.